The van der Waals surface area contributed by atoms with Gasteiger partial charge in [-0.1, -0.05) is 24.3 Å². The third-order valence-corrected chi connectivity index (χ3v) is 6.19. The molecule has 2 N–H and O–H groups in total. The largest absolute Gasteiger partial charge is 0.344 e. The van der Waals surface area contributed by atoms with Crippen molar-refractivity contribution in [2.45, 2.75) is 25.0 Å². The molecule has 30 heavy (non-hydrogen) atoms. The number of anilines is 1. The van der Waals surface area contributed by atoms with Gasteiger partial charge in [-0.2, -0.15) is 5.10 Å². The molecular weight excluding hydrogens is 406 g/mol. The van der Waals surface area contributed by atoms with E-state index in [-0.39, 0.29) is 23.9 Å². The smallest absolute Gasteiger partial charge is 0.314 e. The number of rotatable bonds is 4. The van der Waals surface area contributed by atoms with Gasteiger partial charge >= 0.3 is 11.8 Å². The second-order valence-electron chi connectivity index (χ2n) is 7.00. The van der Waals surface area contributed by atoms with Gasteiger partial charge in [0.2, 0.25) is 0 Å². The summed E-state index contributed by atoms with van der Waals surface area (Å²) in [6.07, 6.45) is 3.20. The number of nitrogens with one attached hydrogen (secondary N) is 2. The molecule has 0 unspecified atom stereocenters. The molecule has 1 aliphatic rings. The van der Waals surface area contributed by atoms with E-state index in [4.69, 9.17) is 0 Å². The Bertz CT molecular complexity index is 1240. The number of pyridine rings is 1. The van der Waals surface area contributed by atoms with Crippen LogP contribution in [0, 0.1) is 6.92 Å². The number of fused-ring (bicyclic) bond motifs is 1. The second-order valence-corrected chi connectivity index (χ2v) is 9.07. The molecule has 0 spiro atoms. The van der Waals surface area contributed by atoms with E-state index >= 15 is 0 Å². The molecule has 0 saturated carbocycles. The molecular formula is C20H19N5O4S. The highest BCUT2D eigenvalue weighted by Gasteiger charge is 2.34. The maximum absolute atomic E-state index is 12.5. The number of benzene rings is 1. The fourth-order valence-electron chi connectivity index (χ4n) is 3.28. The zero-order chi connectivity index (χ0) is 21.3. The lowest BCUT2D eigenvalue weighted by Crippen LogP contribution is -2.35. The molecule has 0 fully saturated rings. The number of carbonyl (C=O) groups excluding carboxylic acids is 2. The molecule has 1 aromatic carbocycles. The van der Waals surface area contributed by atoms with Crippen LogP contribution in [0.15, 0.2) is 48.8 Å². The SMILES string of the molecule is Cc1ccccc1-n1nc2c(c1NC(=O)C(=O)NCc1cccnc1)CS(=O)(=O)C2. The average Bonchev–Trinajstić information content (AvgIpc) is 3.19. The van der Waals surface area contributed by atoms with E-state index in [0.717, 1.165) is 11.1 Å². The van der Waals surface area contributed by atoms with Gasteiger partial charge in [-0.15, -0.1) is 0 Å². The number of aromatic nitrogens is 3. The van der Waals surface area contributed by atoms with Gasteiger partial charge in [-0.3, -0.25) is 14.6 Å². The molecule has 3 heterocycles. The Labute approximate surface area is 173 Å². The van der Waals surface area contributed by atoms with Crippen molar-refractivity contribution in [2.75, 3.05) is 5.32 Å². The summed E-state index contributed by atoms with van der Waals surface area (Å²) in [5, 5.41) is 9.49. The van der Waals surface area contributed by atoms with Gasteiger partial charge in [0.05, 0.1) is 22.9 Å². The van der Waals surface area contributed by atoms with E-state index in [2.05, 4.69) is 20.7 Å². The molecule has 10 heteroatoms. The first-order valence-corrected chi connectivity index (χ1v) is 11.0. The number of nitrogens with zero attached hydrogens (tertiary/aromatic N) is 3. The number of sulfone groups is 1. The zero-order valence-electron chi connectivity index (χ0n) is 16.1. The van der Waals surface area contributed by atoms with Gasteiger partial charge in [-0.05, 0) is 30.2 Å². The van der Waals surface area contributed by atoms with E-state index in [1.807, 2.05) is 31.2 Å². The van der Waals surface area contributed by atoms with Crippen LogP contribution in [-0.2, 0) is 37.5 Å². The lowest BCUT2D eigenvalue weighted by molar-refractivity contribution is -0.136. The number of amides is 2. The predicted octanol–water partition coefficient (Wildman–Crippen LogP) is 1.26. The summed E-state index contributed by atoms with van der Waals surface area (Å²) >= 11 is 0. The highest BCUT2D eigenvalue weighted by molar-refractivity contribution is 7.90. The lowest BCUT2D eigenvalue weighted by Gasteiger charge is -2.13. The summed E-state index contributed by atoms with van der Waals surface area (Å²) < 4.78 is 25.6. The highest BCUT2D eigenvalue weighted by atomic mass is 32.2. The van der Waals surface area contributed by atoms with Crippen molar-refractivity contribution < 1.29 is 18.0 Å². The minimum Gasteiger partial charge on any atom is -0.344 e. The summed E-state index contributed by atoms with van der Waals surface area (Å²) in [4.78, 5) is 28.8. The Morgan fingerprint density at radius 2 is 1.90 bits per heavy atom. The van der Waals surface area contributed by atoms with Crippen molar-refractivity contribution in [1.29, 1.82) is 0 Å². The van der Waals surface area contributed by atoms with Gasteiger partial charge < -0.3 is 10.6 Å². The summed E-state index contributed by atoms with van der Waals surface area (Å²) in [7, 11) is -3.33. The number of para-hydroxylation sites is 1. The van der Waals surface area contributed by atoms with E-state index in [1.54, 1.807) is 24.5 Å². The van der Waals surface area contributed by atoms with Crippen LogP contribution in [0.5, 0.6) is 0 Å². The predicted molar refractivity (Wildman–Crippen MR) is 109 cm³/mol. The van der Waals surface area contributed by atoms with E-state index in [9.17, 15) is 18.0 Å². The Morgan fingerprint density at radius 1 is 1.10 bits per heavy atom. The molecule has 4 rings (SSSR count). The van der Waals surface area contributed by atoms with Crippen LogP contribution in [0.25, 0.3) is 5.69 Å². The van der Waals surface area contributed by atoms with Crippen LogP contribution in [0.2, 0.25) is 0 Å². The van der Waals surface area contributed by atoms with Crippen LogP contribution in [0.4, 0.5) is 5.82 Å². The summed E-state index contributed by atoms with van der Waals surface area (Å²) in [5.41, 5.74) is 3.11. The van der Waals surface area contributed by atoms with Crippen molar-refractivity contribution in [3.63, 3.8) is 0 Å². The monoisotopic (exact) mass is 425 g/mol. The van der Waals surface area contributed by atoms with Crippen LogP contribution in [-0.4, -0.2) is 35.0 Å². The van der Waals surface area contributed by atoms with Crippen molar-refractivity contribution >= 4 is 27.5 Å². The molecule has 2 amide bonds. The first-order chi connectivity index (χ1) is 14.3. The summed E-state index contributed by atoms with van der Waals surface area (Å²) in [6.45, 7) is 2.02. The molecule has 0 saturated heterocycles. The third-order valence-electron chi connectivity index (χ3n) is 4.75. The standard InChI is InChI=1S/C20H19N5O4S/c1-13-5-2-3-7-17(13)25-18(15-11-30(28,29)12-16(15)24-25)23-20(27)19(26)22-10-14-6-4-8-21-9-14/h2-9H,10-12H2,1H3,(H,22,26)(H,23,27). The Morgan fingerprint density at radius 3 is 2.63 bits per heavy atom. The number of hydrogen-bond acceptors (Lipinski definition) is 6. The molecule has 2 aromatic heterocycles. The number of hydrogen-bond donors (Lipinski definition) is 2. The summed E-state index contributed by atoms with van der Waals surface area (Å²) in [6, 6.07) is 10.9. The van der Waals surface area contributed by atoms with Gasteiger partial charge in [0, 0.05) is 24.5 Å². The molecule has 1 aliphatic heterocycles. The molecule has 0 bridgehead atoms. The summed E-state index contributed by atoms with van der Waals surface area (Å²) in [5.74, 6) is -1.98. The van der Waals surface area contributed by atoms with Crippen molar-refractivity contribution in [3.05, 3.63) is 71.2 Å². The first kappa shape index (κ1) is 19.8. The minimum absolute atomic E-state index is 0.142. The van der Waals surface area contributed by atoms with Crippen LogP contribution in [0.1, 0.15) is 22.4 Å². The highest BCUT2D eigenvalue weighted by Crippen LogP contribution is 2.33. The molecule has 0 aliphatic carbocycles. The maximum Gasteiger partial charge on any atom is 0.314 e. The Kier molecular flexibility index (Phi) is 5.08. The average molecular weight is 425 g/mol. The minimum atomic E-state index is -3.33. The number of carbonyl (C=O) groups is 2. The molecule has 9 nitrogen and oxygen atoms in total. The Balaban J connectivity index is 1.60. The van der Waals surface area contributed by atoms with Crippen LogP contribution >= 0.6 is 0 Å². The Hall–Kier alpha value is -3.53. The van der Waals surface area contributed by atoms with Crippen molar-refractivity contribution in [3.8, 4) is 5.69 Å². The van der Waals surface area contributed by atoms with E-state index in [1.165, 1.54) is 4.68 Å². The quantitative estimate of drug-likeness (QED) is 0.607. The topological polar surface area (TPSA) is 123 Å². The van der Waals surface area contributed by atoms with Gasteiger partial charge in [0.25, 0.3) is 0 Å². The first-order valence-electron chi connectivity index (χ1n) is 9.19. The van der Waals surface area contributed by atoms with Gasteiger partial charge in [0.1, 0.15) is 5.82 Å². The lowest BCUT2D eigenvalue weighted by atomic mass is 10.2. The van der Waals surface area contributed by atoms with Gasteiger partial charge in [-0.25, -0.2) is 13.1 Å². The van der Waals surface area contributed by atoms with Crippen molar-refractivity contribution in [1.82, 2.24) is 20.1 Å². The number of aryl methyl sites for hydroxylation is 1. The fraction of sp³-hybridized carbons (Fsp3) is 0.200. The van der Waals surface area contributed by atoms with Crippen LogP contribution < -0.4 is 10.6 Å². The molecule has 0 atom stereocenters. The van der Waals surface area contributed by atoms with Gasteiger partial charge in [0.15, 0.2) is 9.84 Å². The second kappa shape index (κ2) is 7.71. The maximum atomic E-state index is 12.5. The van der Waals surface area contributed by atoms with Crippen LogP contribution in [0.3, 0.4) is 0 Å². The molecule has 0 radical (unpaired) electrons. The molecule has 154 valence electrons. The molecule has 3 aromatic rings. The third kappa shape index (κ3) is 3.94. The van der Waals surface area contributed by atoms with Crippen molar-refractivity contribution in [2.24, 2.45) is 0 Å². The fourth-order valence-corrected chi connectivity index (χ4v) is 4.77. The normalized spacial score (nSPS) is 14.2. The van der Waals surface area contributed by atoms with E-state index in [0.29, 0.717) is 16.9 Å². The zero-order valence-corrected chi connectivity index (χ0v) is 16.9. The van der Waals surface area contributed by atoms with E-state index < -0.39 is 21.7 Å².